The fourth-order valence-electron chi connectivity index (χ4n) is 2.15. The molecule has 0 saturated carbocycles. The van der Waals surface area contributed by atoms with Crippen molar-refractivity contribution in [2.24, 2.45) is 7.05 Å². The van der Waals surface area contributed by atoms with Gasteiger partial charge < -0.3 is 15.0 Å². The molecule has 0 radical (unpaired) electrons. The summed E-state index contributed by atoms with van der Waals surface area (Å²) in [4.78, 5) is 10.4. The molecule has 0 aliphatic carbocycles. The van der Waals surface area contributed by atoms with Gasteiger partial charge in [0.15, 0.2) is 0 Å². The van der Waals surface area contributed by atoms with E-state index < -0.39 is 5.97 Å². The monoisotopic (exact) mass is 246 g/mol. The number of para-hydroxylation sites is 1. The normalized spacial score (nSPS) is 10.9. The molecule has 0 aliphatic heterocycles. The van der Waals surface area contributed by atoms with Crippen molar-refractivity contribution in [1.29, 1.82) is 0 Å². The van der Waals surface area contributed by atoms with Gasteiger partial charge in [-0.2, -0.15) is 0 Å². The first-order valence-electron chi connectivity index (χ1n) is 6.14. The van der Waals surface area contributed by atoms with Gasteiger partial charge in [-0.05, 0) is 24.6 Å². The Bertz CT molecular complexity index is 546. The first-order valence-corrected chi connectivity index (χ1v) is 6.14. The Balaban J connectivity index is 1.94. The number of nitrogens with zero attached hydrogens (tertiary/aromatic N) is 1. The van der Waals surface area contributed by atoms with Crippen LogP contribution >= 0.6 is 0 Å². The van der Waals surface area contributed by atoms with Gasteiger partial charge in [0.25, 0.3) is 0 Å². The van der Waals surface area contributed by atoms with E-state index in [2.05, 4.69) is 28.2 Å². The molecule has 2 rings (SSSR count). The van der Waals surface area contributed by atoms with Gasteiger partial charge in [-0.3, -0.25) is 4.79 Å². The fraction of sp³-hybridized carbons (Fsp3) is 0.357. The lowest BCUT2D eigenvalue weighted by Gasteiger charge is -2.02. The van der Waals surface area contributed by atoms with Crippen molar-refractivity contribution in [2.45, 2.75) is 19.4 Å². The zero-order chi connectivity index (χ0) is 13.0. The Hall–Kier alpha value is -1.81. The second-order valence-corrected chi connectivity index (χ2v) is 4.46. The number of benzene rings is 1. The molecule has 1 aromatic carbocycles. The van der Waals surface area contributed by atoms with Crippen molar-refractivity contribution in [2.75, 3.05) is 6.54 Å². The van der Waals surface area contributed by atoms with Gasteiger partial charge in [-0.15, -0.1) is 0 Å². The average molecular weight is 246 g/mol. The second kappa shape index (κ2) is 5.69. The van der Waals surface area contributed by atoms with E-state index in [4.69, 9.17) is 5.11 Å². The highest BCUT2D eigenvalue weighted by Gasteiger charge is 2.05. The van der Waals surface area contributed by atoms with Crippen LogP contribution in [0, 0.1) is 0 Å². The summed E-state index contributed by atoms with van der Waals surface area (Å²) in [5, 5.41) is 13.1. The highest BCUT2D eigenvalue weighted by atomic mass is 16.4. The third-order valence-electron chi connectivity index (χ3n) is 3.04. The molecule has 0 amide bonds. The lowest BCUT2D eigenvalue weighted by Crippen LogP contribution is -2.15. The van der Waals surface area contributed by atoms with E-state index in [1.165, 1.54) is 16.5 Å². The van der Waals surface area contributed by atoms with E-state index in [9.17, 15) is 4.79 Å². The van der Waals surface area contributed by atoms with Crippen LogP contribution in [-0.4, -0.2) is 22.2 Å². The molecule has 0 fully saturated rings. The maximum atomic E-state index is 10.4. The molecule has 1 heterocycles. The van der Waals surface area contributed by atoms with E-state index >= 15 is 0 Å². The lowest BCUT2D eigenvalue weighted by atomic mass is 10.2. The number of hydrogen-bond acceptors (Lipinski definition) is 2. The number of aromatic nitrogens is 1. The third kappa shape index (κ3) is 2.90. The summed E-state index contributed by atoms with van der Waals surface area (Å²) in [6.07, 6.45) is 3.01. The SMILES string of the molecule is Cn1cc(CNCCCC(=O)O)c2ccccc21. The summed E-state index contributed by atoms with van der Waals surface area (Å²) < 4.78 is 2.11. The Morgan fingerprint density at radius 1 is 1.39 bits per heavy atom. The minimum absolute atomic E-state index is 0.225. The van der Waals surface area contributed by atoms with E-state index in [1.54, 1.807) is 0 Å². The molecule has 1 aromatic heterocycles. The zero-order valence-corrected chi connectivity index (χ0v) is 10.5. The van der Waals surface area contributed by atoms with E-state index in [0.717, 1.165) is 13.1 Å². The Labute approximate surface area is 106 Å². The minimum atomic E-state index is -0.734. The van der Waals surface area contributed by atoms with Crippen LogP contribution in [0.5, 0.6) is 0 Å². The number of nitrogens with one attached hydrogen (secondary N) is 1. The molecule has 0 spiro atoms. The van der Waals surface area contributed by atoms with Gasteiger partial charge in [0.05, 0.1) is 0 Å². The Morgan fingerprint density at radius 3 is 2.94 bits per heavy atom. The Morgan fingerprint density at radius 2 is 2.17 bits per heavy atom. The minimum Gasteiger partial charge on any atom is -0.481 e. The number of carboxylic acids is 1. The molecule has 18 heavy (non-hydrogen) atoms. The van der Waals surface area contributed by atoms with Gasteiger partial charge in [-0.1, -0.05) is 18.2 Å². The molecular formula is C14H18N2O2. The van der Waals surface area contributed by atoms with Crippen LogP contribution in [0.2, 0.25) is 0 Å². The molecule has 2 N–H and O–H groups in total. The van der Waals surface area contributed by atoms with Crippen LogP contribution in [0.1, 0.15) is 18.4 Å². The highest BCUT2D eigenvalue weighted by molar-refractivity contribution is 5.83. The quantitative estimate of drug-likeness (QED) is 0.768. The predicted octanol–water partition coefficient (Wildman–Crippen LogP) is 2.13. The highest BCUT2D eigenvalue weighted by Crippen LogP contribution is 2.19. The lowest BCUT2D eigenvalue weighted by molar-refractivity contribution is -0.137. The average Bonchev–Trinajstić information content (AvgIpc) is 2.66. The smallest absolute Gasteiger partial charge is 0.303 e. The van der Waals surface area contributed by atoms with Crippen molar-refractivity contribution in [3.8, 4) is 0 Å². The van der Waals surface area contributed by atoms with E-state index in [1.807, 2.05) is 19.2 Å². The predicted molar refractivity (Wildman–Crippen MR) is 71.5 cm³/mol. The standard InChI is InChI=1S/C14H18N2O2/c1-16-10-11(9-15-8-4-7-14(17)18)12-5-2-3-6-13(12)16/h2-3,5-6,10,15H,4,7-9H2,1H3,(H,17,18). The van der Waals surface area contributed by atoms with Gasteiger partial charge in [0, 0.05) is 37.1 Å². The number of aryl methyl sites for hydroxylation is 1. The van der Waals surface area contributed by atoms with Crippen LogP contribution in [0.25, 0.3) is 10.9 Å². The topological polar surface area (TPSA) is 54.3 Å². The van der Waals surface area contributed by atoms with Gasteiger partial charge in [-0.25, -0.2) is 0 Å². The van der Waals surface area contributed by atoms with Crippen LogP contribution in [0.3, 0.4) is 0 Å². The molecule has 0 unspecified atom stereocenters. The second-order valence-electron chi connectivity index (χ2n) is 4.46. The maximum Gasteiger partial charge on any atom is 0.303 e. The van der Waals surface area contributed by atoms with Crippen molar-refractivity contribution < 1.29 is 9.90 Å². The summed E-state index contributed by atoms with van der Waals surface area (Å²) in [5.74, 6) is -0.734. The molecule has 2 aromatic rings. The van der Waals surface area contributed by atoms with Crippen molar-refractivity contribution >= 4 is 16.9 Å². The number of carbonyl (C=O) groups is 1. The van der Waals surface area contributed by atoms with Crippen molar-refractivity contribution in [3.63, 3.8) is 0 Å². The van der Waals surface area contributed by atoms with Gasteiger partial charge in [0.1, 0.15) is 0 Å². The van der Waals surface area contributed by atoms with Crippen LogP contribution in [0.15, 0.2) is 30.5 Å². The molecule has 0 saturated heterocycles. The Kier molecular flexibility index (Phi) is 3.99. The summed E-state index contributed by atoms with van der Waals surface area (Å²) >= 11 is 0. The number of fused-ring (bicyclic) bond motifs is 1. The van der Waals surface area contributed by atoms with Crippen LogP contribution < -0.4 is 5.32 Å². The van der Waals surface area contributed by atoms with Gasteiger partial charge in [0.2, 0.25) is 0 Å². The number of carboxylic acid groups (broad SMARTS) is 1. The van der Waals surface area contributed by atoms with E-state index in [-0.39, 0.29) is 6.42 Å². The fourth-order valence-corrected chi connectivity index (χ4v) is 2.15. The number of aliphatic carboxylic acids is 1. The molecule has 4 heteroatoms. The maximum absolute atomic E-state index is 10.4. The summed E-state index contributed by atoms with van der Waals surface area (Å²) in [6, 6.07) is 8.29. The number of hydrogen-bond donors (Lipinski definition) is 2. The van der Waals surface area contributed by atoms with Gasteiger partial charge >= 0.3 is 5.97 Å². The first-order chi connectivity index (χ1) is 8.68. The molecular weight excluding hydrogens is 228 g/mol. The molecule has 0 atom stereocenters. The largest absolute Gasteiger partial charge is 0.481 e. The van der Waals surface area contributed by atoms with Crippen LogP contribution in [-0.2, 0) is 18.4 Å². The zero-order valence-electron chi connectivity index (χ0n) is 10.5. The van der Waals surface area contributed by atoms with Crippen LogP contribution in [0.4, 0.5) is 0 Å². The number of rotatable bonds is 6. The van der Waals surface area contributed by atoms with E-state index in [0.29, 0.717) is 6.42 Å². The summed E-state index contributed by atoms with van der Waals surface area (Å²) in [6.45, 7) is 1.51. The van der Waals surface area contributed by atoms with Crippen molar-refractivity contribution in [1.82, 2.24) is 9.88 Å². The molecule has 0 aliphatic rings. The molecule has 0 bridgehead atoms. The summed E-state index contributed by atoms with van der Waals surface area (Å²) in [5.41, 5.74) is 2.48. The van der Waals surface area contributed by atoms with Crippen molar-refractivity contribution in [3.05, 3.63) is 36.0 Å². The first kappa shape index (κ1) is 12.6. The third-order valence-corrected chi connectivity index (χ3v) is 3.04. The molecule has 96 valence electrons. The molecule has 4 nitrogen and oxygen atoms in total. The summed E-state index contributed by atoms with van der Waals surface area (Å²) in [7, 11) is 2.04.